The van der Waals surface area contributed by atoms with Crippen LogP contribution in [0.5, 0.6) is 11.5 Å². The Morgan fingerprint density at radius 3 is 2.67 bits per heavy atom. The molecule has 14 heteroatoms. The van der Waals surface area contributed by atoms with Crippen LogP contribution in [0.4, 0.5) is 26.2 Å². The minimum Gasteiger partial charge on any atom is -0.454 e. The van der Waals surface area contributed by atoms with E-state index in [9.17, 15) is 4.79 Å². The lowest BCUT2D eigenvalue weighted by Gasteiger charge is -2.39. The van der Waals surface area contributed by atoms with Gasteiger partial charge in [-0.3, -0.25) is 4.79 Å². The third-order valence-electron chi connectivity index (χ3n) is 7.56. The molecule has 1 N–H and O–H groups in total. The number of nitrogens with zero attached hydrogens (tertiary/aromatic N) is 9. The fraction of sp³-hybridized carbons (Fsp3) is 0.276. The molecule has 1 aliphatic rings. The van der Waals surface area contributed by atoms with Crippen LogP contribution in [-0.4, -0.2) is 71.4 Å². The number of fused-ring (bicyclic) bond motifs is 2. The first-order chi connectivity index (χ1) is 20.7. The highest BCUT2D eigenvalue weighted by atomic mass is 19.1. The van der Waals surface area contributed by atoms with E-state index >= 15 is 8.78 Å². The number of halogens is 2. The quantitative estimate of drug-likeness (QED) is 0.287. The highest BCUT2D eigenvalue weighted by Crippen LogP contribution is 2.36. The van der Waals surface area contributed by atoms with E-state index in [0.29, 0.717) is 53.2 Å². The zero-order valence-corrected chi connectivity index (χ0v) is 24.0. The molecule has 4 heterocycles. The zero-order valence-electron chi connectivity index (χ0n) is 24.0. The van der Waals surface area contributed by atoms with E-state index in [0.717, 1.165) is 0 Å². The third kappa shape index (κ3) is 4.94. The number of ether oxygens (including phenoxy) is 1. The van der Waals surface area contributed by atoms with Crippen molar-refractivity contribution < 1.29 is 18.3 Å². The van der Waals surface area contributed by atoms with Gasteiger partial charge in [0.2, 0.25) is 11.9 Å². The largest absolute Gasteiger partial charge is 0.454 e. The van der Waals surface area contributed by atoms with E-state index in [1.54, 1.807) is 31.1 Å². The summed E-state index contributed by atoms with van der Waals surface area (Å²) in [7, 11) is 1.68. The first-order valence-corrected chi connectivity index (χ1v) is 13.5. The second kappa shape index (κ2) is 10.9. The Hall–Kier alpha value is -5.27. The van der Waals surface area contributed by atoms with Gasteiger partial charge < -0.3 is 19.9 Å². The summed E-state index contributed by atoms with van der Waals surface area (Å²) in [6, 6.07) is 4.40. The number of carbonyl (C=O) groups is 1. The van der Waals surface area contributed by atoms with Gasteiger partial charge >= 0.3 is 0 Å². The Labute approximate surface area is 245 Å². The van der Waals surface area contributed by atoms with E-state index in [4.69, 9.17) is 9.72 Å². The second-order valence-corrected chi connectivity index (χ2v) is 10.3. The molecule has 0 spiro atoms. The monoisotopic (exact) mass is 586 g/mol. The summed E-state index contributed by atoms with van der Waals surface area (Å²) in [5.41, 5.74) is 2.50. The van der Waals surface area contributed by atoms with E-state index in [1.807, 2.05) is 11.8 Å². The minimum atomic E-state index is -0.604. The molecule has 1 atom stereocenters. The summed E-state index contributed by atoms with van der Waals surface area (Å²) in [4.78, 5) is 33.6. The van der Waals surface area contributed by atoms with Crippen LogP contribution in [0.25, 0.3) is 22.1 Å². The number of benzene rings is 2. The summed E-state index contributed by atoms with van der Waals surface area (Å²) < 4.78 is 38.1. The standard InChI is InChI=1S/C29H28F2N10O2/c1-6-23(42)41-10-9-40(13-15(41)2)29-32-12-20-26(36-29)28(34-14-33-20)35-18-7-8-21(16(3)24(18)30)43-22-11-19-27(17(4)25(22)31)39(5)38-37-19/h6-8,11-12,14-15H,1,9-10,13H2,2-5H3,(H,33,34,35)/t15-/m1/s1. The van der Waals surface area contributed by atoms with Gasteiger partial charge in [-0.15, -0.1) is 5.10 Å². The molecule has 220 valence electrons. The molecule has 0 aliphatic carbocycles. The molecule has 1 aliphatic heterocycles. The van der Waals surface area contributed by atoms with Crippen LogP contribution in [0.2, 0.25) is 0 Å². The third-order valence-corrected chi connectivity index (χ3v) is 7.56. The zero-order chi connectivity index (χ0) is 30.4. The molecular formula is C29H28F2N10O2. The van der Waals surface area contributed by atoms with Gasteiger partial charge in [-0.05, 0) is 39.0 Å². The summed E-state index contributed by atoms with van der Waals surface area (Å²) in [5.74, 6) is -0.510. The number of rotatable bonds is 6. The summed E-state index contributed by atoms with van der Waals surface area (Å²) in [6.07, 6.45) is 4.23. The van der Waals surface area contributed by atoms with Gasteiger partial charge in [0.15, 0.2) is 23.2 Å². The lowest BCUT2D eigenvalue weighted by atomic mass is 10.1. The SMILES string of the molecule is C=CC(=O)N1CCN(c2ncc3ncnc(Nc4ccc(Oc5cc6nnn(C)c6c(C)c5F)c(C)c4F)c3n2)C[C@H]1C. The van der Waals surface area contributed by atoms with Crippen molar-refractivity contribution in [1.82, 2.24) is 39.8 Å². The minimum absolute atomic E-state index is 0.0686. The predicted molar refractivity (Wildman–Crippen MR) is 156 cm³/mol. The van der Waals surface area contributed by atoms with Gasteiger partial charge in [-0.2, -0.15) is 0 Å². The van der Waals surface area contributed by atoms with Crippen molar-refractivity contribution in [3.8, 4) is 11.5 Å². The fourth-order valence-electron chi connectivity index (χ4n) is 5.25. The number of hydrogen-bond donors (Lipinski definition) is 1. The van der Waals surface area contributed by atoms with E-state index < -0.39 is 11.6 Å². The van der Waals surface area contributed by atoms with Crippen LogP contribution in [0, 0.1) is 25.5 Å². The molecule has 1 fully saturated rings. The van der Waals surface area contributed by atoms with E-state index in [2.05, 4.69) is 37.2 Å². The van der Waals surface area contributed by atoms with Gasteiger partial charge in [0.05, 0.1) is 17.4 Å². The average molecular weight is 587 g/mol. The van der Waals surface area contributed by atoms with Crippen LogP contribution in [0.3, 0.4) is 0 Å². The summed E-state index contributed by atoms with van der Waals surface area (Å²) >= 11 is 0. The summed E-state index contributed by atoms with van der Waals surface area (Å²) in [6.45, 7) is 10.2. The molecule has 2 aromatic carbocycles. The van der Waals surface area contributed by atoms with Crippen molar-refractivity contribution in [2.24, 2.45) is 7.05 Å². The van der Waals surface area contributed by atoms with Crippen molar-refractivity contribution >= 4 is 45.4 Å². The molecule has 1 saturated heterocycles. The van der Waals surface area contributed by atoms with Gasteiger partial charge in [-0.25, -0.2) is 33.4 Å². The first-order valence-electron chi connectivity index (χ1n) is 13.5. The summed E-state index contributed by atoms with van der Waals surface area (Å²) in [5, 5.41) is 11.0. The van der Waals surface area contributed by atoms with Gasteiger partial charge in [0.25, 0.3) is 0 Å². The molecule has 6 rings (SSSR count). The predicted octanol–water partition coefficient (Wildman–Crippen LogP) is 4.36. The molecule has 3 aromatic heterocycles. The smallest absolute Gasteiger partial charge is 0.246 e. The van der Waals surface area contributed by atoms with Gasteiger partial charge in [0, 0.05) is 49.9 Å². The number of aryl methyl sites for hydroxylation is 2. The van der Waals surface area contributed by atoms with Crippen molar-refractivity contribution in [2.45, 2.75) is 26.8 Å². The lowest BCUT2D eigenvalue weighted by molar-refractivity contribution is -0.128. The first kappa shape index (κ1) is 27.9. The van der Waals surface area contributed by atoms with Crippen molar-refractivity contribution in [3.63, 3.8) is 0 Å². The lowest BCUT2D eigenvalue weighted by Crippen LogP contribution is -2.54. The topological polar surface area (TPSA) is 127 Å². The van der Waals surface area contributed by atoms with Gasteiger partial charge in [0.1, 0.15) is 28.6 Å². The molecule has 1 amide bonds. The van der Waals surface area contributed by atoms with E-state index in [-0.39, 0.29) is 40.5 Å². The number of anilines is 3. The number of hydrogen-bond acceptors (Lipinski definition) is 10. The molecule has 12 nitrogen and oxygen atoms in total. The Morgan fingerprint density at radius 1 is 1.09 bits per heavy atom. The van der Waals surface area contributed by atoms with Crippen molar-refractivity contribution in [3.05, 3.63) is 66.1 Å². The van der Waals surface area contributed by atoms with Gasteiger partial charge in [-0.1, -0.05) is 11.8 Å². The molecular weight excluding hydrogens is 558 g/mol. The van der Waals surface area contributed by atoms with Crippen molar-refractivity contribution in [1.29, 1.82) is 0 Å². The molecule has 0 bridgehead atoms. The Bertz CT molecular complexity index is 1910. The highest BCUT2D eigenvalue weighted by Gasteiger charge is 2.28. The molecule has 5 aromatic rings. The van der Waals surface area contributed by atoms with Crippen LogP contribution in [-0.2, 0) is 11.8 Å². The normalized spacial score (nSPS) is 15.3. The number of nitrogens with one attached hydrogen (secondary N) is 1. The molecule has 0 radical (unpaired) electrons. The Kier molecular flexibility index (Phi) is 7.04. The van der Waals surface area contributed by atoms with Crippen molar-refractivity contribution in [2.75, 3.05) is 29.9 Å². The maximum absolute atomic E-state index is 15.6. The maximum atomic E-state index is 15.6. The van der Waals surface area contributed by atoms with Crippen LogP contribution in [0.1, 0.15) is 18.1 Å². The average Bonchev–Trinajstić information content (AvgIpc) is 3.38. The number of aromatic nitrogens is 7. The number of amides is 1. The van der Waals surface area contributed by atoms with Crippen LogP contribution < -0.4 is 15.0 Å². The number of piperazine rings is 1. The number of carbonyl (C=O) groups excluding carboxylic acids is 1. The highest BCUT2D eigenvalue weighted by molar-refractivity contribution is 5.88. The fourth-order valence-corrected chi connectivity index (χ4v) is 5.25. The Balaban J connectivity index is 1.27. The molecule has 43 heavy (non-hydrogen) atoms. The van der Waals surface area contributed by atoms with Crippen LogP contribution in [0.15, 0.2) is 43.4 Å². The van der Waals surface area contributed by atoms with Crippen LogP contribution >= 0.6 is 0 Å². The molecule has 0 saturated carbocycles. The molecule has 0 unspecified atom stereocenters. The second-order valence-electron chi connectivity index (χ2n) is 10.3. The Morgan fingerprint density at radius 2 is 1.91 bits per heavy atom. The maximum Gasteiger partial charge on any atom is 0.246 e. The van der Waals surface area contributed by atoms with E-state index in [1.165, 1.54) is 36.1 Å².